The number of thioether (sulfide) groups is 1. The number of piperazine rings is 1. The Hall–Kier alpha value is -3.59. The monoisotopic (exact) mass is 518 g/mol. The Balaban J connectivity index is 1.40. The van der Waals surface area contributed by atoms with Crippen molar-refractivity contribution in [2.24, 2.45) is 5.92 Å². The molecule has 3 aromatic rings. The van der Waals surface area contributed by atoms with Gasteiger partial charge in [0.25, 0.3) is 5.91 Å². The highest BCUT2D eigenvalue weighted by atomic mass is 32.2. The molecule has 2 amide bonds. The zero-order valence-corrected chi connectivity index (χ0v) is 22.2. The van der Waals surface area contributed by atoms with Crippen molar-refractivity contribution < 1.29 is 9.59 Å². The molecule has 1 fully saturated rings. The molecule has 0 aliphatic carbocycles. The van der Waals surface area contributed by atoms with Crippen molar-refractivity contribution >= 4 is 29.3 Å². The lowest BCUT2D eigenvalue weighted by Crippen LogP contribution is -2.49. The number of nitrogens with zero attached hydrogens (tertiary/aromatic N) is 5. The highest BCUT2D eigenvalue weighted by molar-refractivity contribution is 7.99. The van der Waals surface area contributed by atoms with Crippen molar-refractivity contribution in [1.29, 1.82) is 0 Å². The van der Waals surface area contributed by atoms with E-state index in [1.54, 1.807) is 18.2 Å². The van der Waals surface area contributed by atoms with Gasteiger partial charge in [-0.3, -0.25) is 9.59 Å². The van der Waals surface area contributed by atoms with Crippen LogP contribution in [-0.2, 0) is 11.3 Å². The molecule has 1 aromatic heterocycles. The van der Waals surface area contributed by atoms with E-state index in [0.717, 1.165) is 13.1 Å². The fourth-order valence-corrected chi connectivity index (χ4v) is 5.21. The first-order chi connectivity index (χ1) is 18.0. The van der Waals surface area contributed by atoms with Crippen LogP contribution in [0.3, 0.4) is 0 Å². The lowest BCUT2D eigenvalue weighted by molar-refractivity contribution is -0.128. The van der Waals surface area contributed by atoms with Crippen molar-refractivity contribution in [3.05, 3.63) is 84.7 Å². The first-order valence-corrected chi connectivity index (χ1v) is 13.6. The summed E-state index contributed by atoms with van der Waals surface area (Å²) < 4.78 is 1.94. The summed E-state index contributed by atoms with van der Waals surface area (Å²) >= 11 is 1.38. The third-order valence-corrected chi connectivity index (χ3v) is 7.35. The van der Waals surface area contributed by atoms with E-state index in [2.05, 4.69) is 39.1 Å². The van der Waals surface area contributed by atoms with E-state index >= 15 is 0 Å². The maximum absolute atomic E-state index is 13.0. The molecule has 9 heteroatoms. The van der Waals surface area contributed by atoms with Crippen LogP contribution in [0.4, 0.5) is 5.69 Å². The van der Waals surface area contributed by atoms with Gasteiger partial charge in [-0.2, -0.15) is 0 Å². The first-order valence-electron chi connectivity index (χ1n) is 12.6. The standard InChI is InChI=1S/C28H34N6O2S/c1-4-15-34-26(25(21(2)3)29-27(36)22-11-7-5-8-12-22)30-31-28(34)37-20-24(35)33-18-16-32(17-19-33)23-13-9-6-10-14-23/h4-14,21,25H,1,15-20H2,2-3H3,(H,29,36)/t25-/m0/s1. The van der Waals surface area contributed by atoms with E-state index in [1.165, 1.54) is 17.4 Å². The number of benzene rings is 2. The van der Waals surface area contributed by atoms with Crippen molar-refractivity contribution in [2.75, 3.05) is 36.8 Å². The fourth-order valence-electron chi connectivity index (χ4n) is 4.35. The van der Waals surface area contributed by atoms with Crippen LogP contribution in [0.25, 0.3) is 0 Å². The van der Waals surface area contributed by atoms with Gasteiger partial charge in [0.05, 0.1) is 11.8 Å². The Morgan fingerprint density at radius 3 is 2.27 bits per heavy atom. The number of anilines is 1. The molecule has 1 N–H and O–H groups in total. The van der Waals surface area contributed by atoms with Gasteiger partial charge in [-0.15, -0.1) is 16.8 Å². The van der Waals surface area contributed by atoms with Crippen molar-refractivity contribution in [1.82, 2.24) is 25.0 Å². The molecule has 37 heavy (non-hydrogen) atoms. The second-order valence-corrected chi connectivity index (χ2v) is 10.2. The predicted molar refractivity (Wildman–Crippen MR) is 148 cm³/mol. The number of rotatable bonds is 10. The van der Waals surface area contributed by atoms with Crippen LogP contribution in [-0.4, -0.2) is 63.4 Å². The molecule has 2 aromatic carbocycles. The van der Waals surface area contributed by atoms with Crippen LogP contribution >= 0.6 is 11.8 Å². The smallest absolute Gasteiger partial charge is 0.251 e. The number of para-hydroxylation sites is 1. The molecule has 194 valence electrons. The molecule has 1 atom stereocenters. The topological polar surface area (TPSA) is 83.4 Å². The number of amides is 2. The van der Waals surface area contributed by atoms with Crippen molar-refractivity contribution in [3.8, 4) is 0 Å². The van der Waals surface area contributed by atoms with Gasteiger partial charge < -0.3 is 19.7 Å². The molecule has 1 saturated heterocycles. The largest absolute Gasteiger partial charge is 0.368 e. The van der Waals surface area contributed by atoms with Crippen molar-refractivity contribution in [3.63, 3.8) is 0 Å². The van der Waals surface area contributed by atoms with E-state index in [0.29, 0.717) is 36.2 Å². The van der Waals surface area contributed by atoms with E-state index in [1.807, 2.05) is 59.7 Å². The highest BCUT2D eigenvalue weighted by Crippen LogP contribution is 2.26. The average Bonchev–Trinajstić information content (AvgIpc) is 3.33. The van der Waals surface area contributed by atoms with Gasteiger partial charge in [0.2, 0.25) is 5.91 Å². The van der Waals surface area contributed by atoms with E-state index in [-0.39, 0.29) is 29.5 Å². The molecule has 0 spiro atoms. The number of hydrogen-bond acceptors (Lipinski definition) is 6. The number of hydrogen-bond donors (Lipinski definition) is 1. The van der Waals surface area contributed by atoms with Crippen LogP contribution in [0, 0.1) is 5.92 Å². The third kappa shape index (κ3) is 6.60. The van der Waals surface area contributed by atoms with Gasteiger partial charge in [0.15, 0.2) is 11.0 Å². The van der Waals surface area contributed by atoms with Gasteiger partial charge in [-0.25, -0.2) is 0 Å². The minimum atomic E-state index is -0.337. The lowest BCUT2D eigenvalue weighted by Gasteiger charge is -2.36. The summed E-state index contributed by atoms with van der Waals surface area (Å²) in [5.41, 5.74) is 1.78. The Morgan fingerprint density at radius 2 is 1.65 bits per heavy atom. The van der Waals surface area contributed by atoms with Gasteiger partial charge in [0, 0.05) is 44.0 Å². The second kappa shape index (κ2) is 12.6. The summed E-state index contributed by atoms with van der Waals surface area (Å²) in [4.78, 5) is 30.1. The highest BCUT2D eigenvalue weighted by Gasteiger charge is 2.27. The molecule has 8 nitrogen and oxygen atoms in total. The predicted octanol–water partition coefficient (Wildman–Crippen LogP) is 4.03. The lowest BCUT2D eigenvalue weighted by atomic mass is 10.0. The van der Waals surface area contributed by atoms with E-state index in [9.17, 15) is 9.59 Å². The van der Waals surface area contributed by atoms with Gasteiger partial charge in [-0.05, 0) is 30.2 Å². The zero-order valence-electron chi connectivity index (χ0n) is 21.4. The number of carbonyl (C=O) groups is 2. The summed E-state index contributed by atoms with van der Waals surface area (Å²) in [7, 11) is 0. The van der Waals surface area contributed by atoms with Gasteiger partial charge >= 0.3 is 0 Å². The van der Waals surface area contributed by atoms with Gasteiger partial charge in [0.1, 0.15) is 0 Å². The molecule has 0 radical (unpaired) electrons. The summed E-state index contributed by atoms with van der Waals surface area (Å²) in [6, 6.07) is 19.1. The maximum Gasteiger partial charge on any atom is 0.251 e. The Morgan fingerprint density at radius 1 is 1.00 bits per heavy atom. The summed E-state index contributed by atoms with van der Waals surface area (Å²) in [6.07, 6.45) is 1.78. The molecular weight excluding hydrogens is 484 g/mol. The van der Waals surface area contributed by atoms with Gasteiger partial charge in [-0.1, -0.05) is 68.1 Å². The maximum atomic E-state index is 13.0. The molecule has 0 unspecified atom stereocenters. The van der Waals surface area contributed by atoms with Crippen LogP contribution in [0.15, 0.2) is 78.5 Å². The second-order valence-electron chi connectivity index (χ2n) is 9.29. The van der Waals surface area contributed by atoms with Crippen molar-refractivity contribution in [2.45, 2.75) is 31.6 Å². The molecule has 1 aliphatic rings. The Bertz CT molecular complexity index is 1190. The Labute approximate surface area is 222 Å². The van der Waals surface area contributed by atoms with Crippen LogP contribution < -0.4 is 10.2 Å². The third-order valence-electron chi connectivity index (χ3n) is 6.40. The SMILES string of the molecule is C=CCn1c(SCC(=O)N2CCN(c3ccccc3)CC2)nnc1[C@@H](NC(=O)c1ccccc1)C(C)C. The number of carbonyl (C=O) groups excluding carboxylic acids is 2. The molecule has 4 rings (SSSR count). The minimum absolute atomic E-state index is 0.0841. The van der Waals surface area contributed by atoms with Crippen LogP contribution in [0.5, 0.6) is 0 Å². The molecule has 0 bridgehead atoms. The average molecular weight is 519 g/mol. The summed E-state index contributed by atoms with van der Waals surface area (Å²) in [6.45, 7) is 11.5. The molecule has 1 aliphatic heterocycles. The molecule has 0 saturated carbocycles. The number of allylic oxidation sites excluding steroid dienone is 1. The normalized spacial score (nSPS) is 14.5. The minimum Gasteiger partial charge on any atom is -0.368 e. The van der Waals surface area contributed by atoms with Crippen LogP contribution in [0.2, 0.25) is 0 Å². The summed E-state index contributed by atoms with van der Waals surface area (Å²) in [5, 5.41) is 12.6. The number of aromatic nitrogens is 3. The quantitative estimate of drug-likeness (QED) is 0.322. The zero-order chi connectivity index (χ0) is 26.2. The number of nitrogens with one attached hydrogen (secondary N) is 1. The Kier molecular flexibility index (Phi) is 9.00. The molecular formula is C28H34N6O2S. The first kappa shape index (κ1) is 26.5. The fraction of sp³-hybridized carbons (Fsp3) is 0.357. The van der Waals surface area contributed by atoms with E-state index in [4.69, 9.17) is 0 Å². The molecule has 2 heterocycles. The summed E-state index contributed by atoms with van der Waals surface area (Å²) in [5.74, 6) is 0.951. The van der Waals surface area contributed by atoms with Crippen LogP contribution in [0.1, 0.15) is 36.1 Å². The van der Waals surface area contributed by atoms with E-state index < -0.39 is 0 Å².